The van der Waals surface area contributed by atoms with Crippen LogP contribution in [-0.2, 0) is 24.2 Å². The van der Waals surface area contributed by atoms with Gasteiger partial charge in [0.15, 0.2) is 14.9 Å². The molecule has 148 valence electrons. The van der Waals surface area contributed by atoms with E-state index in [0.717, 1.165) is 42.4 Å². The molecule has 1 atom stereocenters. The molecule has 2 aliphatic heterocycles. The van der Waals surface area contributed by atoms with Crippen molar-refractivity contribution >= 4 is 38.7 Å². The van der Waals surface area contributed by atoms with Gasteiger partial charge in [-0.2, -0.15) is 5.10 Å². The molecule has 1 aliphatic carbocycles. The van der Waals surface area contributed by atoms with Crippen LogP contribution in [0.4, 0.5) is 0 Å². The summed E-state index contributed by atoms with van der Waals surface area (Å²) < 4.78 is 30.6. The van der Waals surface area contributed by atoms with Gasteiger partial charge in [0.1, 0.15) is 23.9 Å². The van der Waals surface area contributed by atoms with Gasteiger partial charge in [0.05, 0.1) is 6.61 Å². The lowest BCUT2D eigenvalue weighted by Crippen LogP contribution is -2.42. The van der Waals surface area contributed by atoms with Crippen molar-refractivity contribution < 1.29 is 27.9 Å². The summed E-state index contributed by atoms with van der Waals surface area (Å²) in [6.07, 6.45) is 4.51. The monoisotopic (exact) mass is 415 g/mol. The number of ether oxygens (including phenoxy) is 1. The van der Waals surface area contributed by atoms with E-state index in [1.165, 1.54) is 16.4 Å². The van der Waals surface area contributed by atoms with Crippen LogP contribution in [0.15, 0.2) is 26.9 Å². The number of fused-ring (bicyclic) bond motifs is 2. The van der Waals surface area contributed by atoms with E-state index >= 15 is 0 Å². The number of nitrogens with one attached hydrogen (secondary N) is 1. The van der Waals surface area contributed by atoms with E-state index in [2.05, 4.69) is 10.4 Å². The maximum absolute atomic E-state index is 12.6. The fourth-order valence-corrected chi connectivity index (χ4v) is 5.36. The average molecular weight is 415 g/mol. The molecule has 1 unspecified atom stereocenters. The molecule has 0 aromatic heterocycles. The Hall–Kier alpha value is -2.01. The first kappa shape index (κ1) is 19.7. The molecule has 3 aliphatic rings. The lowest BCUT2D eigenvalue weighted by molar-refractivity contribution is -0.143. The first-order chi connectivity index (χ1) is 12.7. The van der Waals surface area contributed by atoms with Gasteiger partial charge in [0.25, 0.3) is 5.91 Å². The highest BCUT2D eigenvalue weighted by Crippen LogP contribution is 2.49. The van der Waals surface area contributed by atoms with Gasteiger partial charge >= 0.3 is 5.97 Å². The van der Waals surface area contributed by atoms with Crippen LogP contribution < -0.4 is 5.32 Å². The number of allylic oxidation sites excluding steroid dienone is 1. The normalized spacial score (nSPS) is 22.2. The van der Waals surface area contributed by atoms with Crippen LogP contribution in [0.1, 0.15) is 32.6 Å². The summed E-state index contributed by atoms with van der Waals surface area (Å²) in [5.74, 6) is -1.89. The minimum atomic E-state index is -3.89. The van der Waals surface area contributed by atoms with Gasteiger partial charge in [-0.1, -0.05) is 0 Å². The number of nitrogens with zero attached hydrogens (tertiary/aromatic N) is 2. The highest BCUT2D eigenvalue weighted by molar-refractivity contribution is 8.06. The predicted molar refractivity (Wildman–Crippen MR) is 100 cm³/mol. The van der Waals surface area contributed by atoms with Crippen molar-refractivity contribution in [3.05, 3.63) is 21.8 Å². The number of hydrogen-bond donors (Lipinski definition) is 2. The molecule has 2 heterocycles. The lowest BCUT2D eigenvalue weighted by Gasteiger charge is -2.29. The van der Waals surface area contributed by atoms with Crippen molar-refractivity contribution in [2.45, 2.75) is 38.6 Å². The Labute approximate surface area is 161 Å². The summed E-state index contributed by atoms with van der Waals surface area (Å²) in [6.45, 7) is 1.35. The molecule has 9 nitrogen and oxygen atoms in total. The van der Waals surface area contributed by atoms with Gasteiger partial charge in [0.2, 0.25) is 0 Å². The molecular formula is C16H21N3O6S2. The fourth-order valence-electron chi connectivity index (χ4n) is 3.25. The topological polar surface area (TPSA) is 125 Å². The number of rotatable bonds is 4. The molecule has 0 aromatic carbocycles. The standard InChI is InChI=1S/C16H21N3O6S2/c1-3-25-11(20)8-17-15(22)12-14(21)13-9-6-4-5-7-10(9)26-19(13)18-16(12)27(2,23)24/h13,21H,3-8H2,1-2H3,(H,17,22). The van der Waals surface area contributed by atoms with Gasteiger partial charge in [-0.3, -0.25) is 9.59 Å². The van der Waals surface area contributed by atoms with E-state index in [0.29, 0.717) is 0 Å². The molecule has 1 amide bonds. The molecule has 11 heteroatoms. The minimum Gasteiger partial charge on any atom is -0.509 e. The van der Waals surface area contributed by atoms with Crippen molar-refractivity contribution in [3.63, 3.8) is 0 Å². The number of hydrazone groups is 1. The number of carbonyl (C=O) groups is 2. The first-order valence-electron chi connectivity index (χ1n) is 8.59. The maximum Gasteiger partial charge on any atom is 0.325 e. The Balaban J connectivity index is 1.95. The van der Waals surface area contributed by atoms with Crippen LogP contribution in [0.5, 0.6) is 0 Å². The van der Waals surface area contributed by atoms with Crippen molar-refractivity contribution in [3.8, 4) is 0 Å². The molecule has 3 rings (SSSR count). The first-order valence-corrected chi connectivity index (χ1v) is 11.3. The van der Waals surface area contributed by atoms with E-state index in [-0.39, 0.29) is 12.4 Å². The maximum atomic E-state index is 12.6. The van der Waals surface area contributed by atoms with Crippen LogP contribution in [0.2, 0.25) is 0 Å². The molecule has 0 saturated carbocycles. The number of aliphatic hydroxyl groups is 1. The SMILES string of the molecule is CCOC(=O)CNC(=O)C1=C(O)C2C3=C(CCCC3)SN2N=C1S(C)(=O)=O. The van der Waals surface area contributed by atoms with E-state index < -0.39 is 44.9 Å². The van der Waals surface area contributed by atoms with Gasteiger partial charge in [0, 0.05) is 23.1 Å². The zero-order chi connectivity index (χ0) is 19.8. The largest absolute Gasteiger partial charge is 0.509 e. The Kier molecular flexibility index (Phi) is 5.52. The molecule has 0 bridgehead atoms. The summed E-state index contributed by atoms with van der Waals surface area (Å²) in [7, 11) is -3.89. The van der Waals surface area contributed by atoms with Gasteiger partial charge in [-0.15, -0.1) is 0 Å². The molecule has 2 N–H and O–H groups in total. The van der Waals surface area contributed by atoms with Gasteiger partial charge in [-0.05, 0) is 38.2 Å². The number of hydrogen-bond acceptors (Lipinski definition) is 9. The Morgan fingerprint density at radius 3 is 2.74 bits per heavy atom. The van der Waals surface area contributed by atoms with Crippen LogP contribution in [0, 0.1) is 0 Å². The zero-order valence-corrected chi connectivity index (χ0v) is 16.7. The smallest absolute Gasteiger partial charge is 0.325 e. The highest BCUT2D eigenvalue weighted by Gasteiger charge is 2.45. The van der Waals surface area contributed by atoms with Crippen LogP contribution in [-0.4, -0.2) is 60.3 Å². The van der Waals surface area contributed by atoms with E-state index in [9.17, 15) is 23.1 Å². The Morgan fingerprint density at radius 1 is 1.37 bits per heavy atom. The number of amides is 1. The van der Waals surface area contributed by atoms with Crippen molar-refractivity contribution in [1.82, 2.24) is 9.73 Å². The average Bonchev–Trinajstić information content (AvgIpc) is 2.98. The third-order valence-corrected chi connectivity index (χ3v) is 6.56. The Morgan fingerprint density at radius 2 is 2.07 bits per heavy atom. The fraction of sp³-hybridized carbons (Fsp3) is 0.562. The summed E-state index contributed by atoms with van der Waals surface area (Å²) in [5.41, 5.74) is 0.554. The number of sulfone groups is 1. The van der Waals surface area contributed by atoms with Crippen molar-refractivity contribution in [2.75, 3.05) is 19.4 Å². The van der Waals surface area contributed by atoms with E-state index in [4.69, 9.17) is 4.74 Å². The number of carbonyl (C=O) groups excluding carboxylic acids is 2. The van der Waals surface area contributed by atoms with Crippen LogP contribution >= 0.6 is 11.9 Å². The number of esters is 1. The second kappa shape index (κ2) is 7.55. The third-order valence-electron chi connectivity index (χ3n) is 4.41. The summed E-state index contributed by atoms with van der Waals surface area (Å²) in [5, 5.41) is 16.8. The molecule has 0 fully saturated rings. The van der Waals surface area contributed by atoms with Gasteiger partial charge in [-0.25, -0.2) is 12.8 Å². The van der Waals surface area contributed by atoms with E-state index in [1.807, 2.05) is 0 Å². The Bertz CT molecular complexity index is 875. The lowest BCUT2D eigenvalue weighted by atomic mass is 9.91. The molecular weight excluding hydrogens is 394 g/mol. The zero-order valence-electron chi connectivity index (χ0n) is 15.0. The second-order valence-corrected chi connectivity index (χ2v) is 9.36. The minimum absolute atomic E-state index is 0.157. The molecule has 0 aromatic rings. The molecule has 0 spiro atoms. The second-order valence-electron chi connectivity index (χ2n) is 6.38. The quantitative estimate of drug-likeness (QED) is 0.515. The molecule has 0 radical (unpaired) electrons. The van der Waals surface area contributed by atoms with Crippen LogP contribution in [0.3, 0.4) is 0 Å². The molecule has 0 saturated heterocycles. The van der Waals surface area contributed by atoms with Crippen molar-refractivity contribution in [1.29, 1.82) is 0 Å². The highest BCUT2D eigenvalue weighted by atomic mass is 32.2. The summed E-state index contributed by atoms with van der Waals surface area (Å²) >= 11 is 1.30. The van der Waals surface area contributed by atoms with Crippen molar-refractivity contribution in [2.24, 2.45) is 5.10 Å². The van der Waals surface area contributed by atoms with E-state index in [1.54, 1.807) is 6.92 Å². The summed E-state index contributed by atoms with van der Waals surface area (Å²) in [4.78, 5) is 25.1. The summed E-state index contributed by atoms with van der Waals surface area (Å²) in [6, 6.07) is -0.654. The molecule has 27 heavy (non-hydrogen) atoms. The van der Waals surface area contributed by atoms with Crippen LogP contribution in [0.25, 0.3) is 0 Å². The third kappa shape index (κ3) is 3.84. The predicted octanol–water partition coefficient (Wildman–Crippen LogP) is 1.01. The van der Waals surface area contributed by atoms with Gasteiger partial charge < -0.3 is 15.2 Å². The number of aliphatic hydroxyl groups excluding tert-OH is 1.